The molecule has 0 aromatic heterocycles. The van der Waals surface area contributed by atoms with Crippen molar-refractivity contribution in [3.05, 3.63) is 0 Å². The van der Waals surface area contributed by atoms with Crippen LogP contribution >= 0.6 is 0 Å². The highest BCUT2D eigenvalue weighted by molar-refractivity contribution is 5.72. The zero-order valence-electron chi connectivity index (χ0n) is 4.23. The molecular weight excluding hydrogens is 94.0 g/mol. The van der Waals surface area contributed by atoms with Crippen molar-refractivity contribution in [3.63, 3.8) is 0 Å². The highest BCUT2D eigenvalue weighted by Crippen LogP contribution is 1.75. The Morgan fingerprint density at radius 2 is 2.43 bits per heavy atom. The number of carbonyl (C=O) groups is 1. The zero-order chi connectivity index (χ0) is 5.70. The SMILES string of the molecule is COCCC([NH])=O. The van der Waals surface area contributed by atoms with Crippen LogP contribution in [0.2, 0.25) is 0 Å². The van der Waals surface area contributed by atoms with Crippen molar-refractivity contribution in [2.45, 2.75) is 6.42 Å². The van der Waals surface area contributed by atoms with Crippen molar-refractivity contribution in [2.75, 3.05) is 13.7 Å². The van der Waals surface area contributed by atoms with Crippen molar-refractivity contribution < 1.29 is 9.53 Å². The summed E-state index contributed by atoms with van der Waals surface area (Å²) >= 11 is 0. The van der Waals surface area contributed by atoms with Crippen LogP contribution < -0.4 is 5.73 Å². The van der Waals surface area contributed by atoms with E-state index < -0.39 is 5.91 Å². The third kappa shape index (κ3) is 5.43. The normalized spacial score (nSPS) is 8.71. The van der Waals surface area contributed by atoms with Gasteiger partial charge in [0.1, 0.15) is 0 Å². The van der Waals surface area contributed by atoms with E-state index >= 15 is 0 Å². The van der Waals surface area contributed by atoms with Crippen molar-refractivity contribution in [1.29, 1.82) is 0 Å². The summed E-state index contributed by atoms with van der Waals surface area (Å²) in [5, 5.41) is 0. The number of carbonyl (C=O) groups excluding carboxylic acids is 1. The summed E-state index contributed by atoms with van der Waals surface area (Å²) in [5.41, 5.74) is 6.36. The predicted octanol–water partition coefficient (Wildman–Crippen LogP) is -0.168. The average molecular weight is 102 g/mol. The maximum absolute atomic E-state index is 9.79. The summed E-state index contributed by atoms with van der Waals surface area (Å²) in [6.07, 6.45) is 0.205. The summed E-state index contributed by atoms with van der Waals surface area (Å²) in [6.45, 7) is 0.363. The highest BCUT2D eigenvalue weighted by atomic mass is 16.5. The maximum Gasteiger partial charge on any atom is 0.240 e. The molecule has 0 aliphatic rings. The standard InChI is InChI=1S/C4H8NO2/c1-7-3-2-4(5)6/h5H,2-3H2,1H3. The van der Waals surface area contributed by atoms with Gasteiger partial charge in [0.15, 0.2) is 0 Å². The summed E-state index contributed by atoms with van der Waals surface area (Å²) in [7, 11) is 1.50. The molecule has 0 rings (SSSR count). The Morgan fingerprint density at radius 1 is 1.86 bits per heavy atom. The van der Waals surface area contributed by atoms with E-state index in [0.717, 1.165) is 0 Å². The molecule has 0 aliphatic heterocycles. The fourth-order valence-corrected chi connectivity index (χ4v) is 0.195. The molecule has 1 N–H and O–H groups in total. The molecule has 3 heteroatoms. The minimum Gasteiger partial charge on any atom is -0.384 e. The first-order valence-electron chi connectivity index (χ1n) is 2.00. The Bertz CT molecular complexity index is 62.7. The van der Waals surface area contributed by atoms with Crippen molar-refractivity contribution >= 4 is 5.91 Å². The van der Waals surface area contributed by atoms with Gasteiger partial charge in [0.05, 0.1) is 13.0 Å². The first kappa shape index (κ1) is 6.43. The molecule has 0 aromatic rings. The second-order valence-corrected chi connectivity index (χ2v) is 1.17. The van der Waals surface area contributed by atoms with Crippen LogP contribution in [0, 0.1) is 0 Å². The largest absolute Gasteiger partial charge is 0.384 e. The monoisotopic (exact) mass is 102 g/mol. The van der Waals surface area contributed by atoms with E-state index in [0.29, 0.717) is 6.61 Å². The average Bonchev–Trinajstić information content (AvgIpc) is 1.61. The zero-order valence-corrected chi connectivity index (χ0v) is 4.23. The lowest BCUT2D eigenvalue weighted by Crippen LogP contribution is -2.01. The molecule has 0 bridgehead atoms. The minimum absolute atomic E-state index is 0.205. The Balaban J connectivity index is 2.82. The molecule has 7 heavy (non-hydrogen) atoms. The van der Waals surface area contributed by atoms with E-state index in [1.54, 1.807) is 0 Å². The Labute approximate surface area is 42.4 Å². The second-order valence-electron chi connectivity index (χ2n) is 1.17. The van der Waals surface area contributed by atoms with E-state index in [1.165, 1.54) is 7.11 Å². The van der Waals surface area contributed by atoms with E-state index in [-0.39, 0.29) is 6.42 Å². The van der Waals surface area contributed by atoms with E-state index in [4.69, 9.17) is 5.73 Å². The van der Waals surface area contributed by atoms with Crippen LogP contribution in [0.1, 0.15) is 6.42 Å². The second kappa shape index (κ2) is 3.61. The summed E-state index contributed by atoms with van der Waals surface area (Å²) in [4.78, 5) is 9.79. The molecule has 0 aromatic carbocycles. The number of amides is 1. The van der Waals surface area contributed by atoms with Gasteiger partial charge >= 0.3 is 0 Å². The third-order valence-electron chi connectivity index (χ3n) is 0.533. The smallest absolute Gasteiger partial charge is 0.240 e. The Kier molecular flexibility index (Phi) is 3.32. The topological polar surface area (TPSA) is 50.1 Å². The lowest BCUT2D eigenvalue weighted by atomic mass is 10.4. The summed E-state index contributed by atoms with van der Waals surface area (Å²) in [5.74, 6) is -0.568. The lowest BCUT2D eigenvalue weighted by molar-refractivity contribution is -0.119. The molecule has 0 fully saturated rings. The fraction of sp³-hybridized carbons (Fsp3) is 0.750. The van der Waals surface area contributed by atoms with Gasteiger partial charge in [-0.2, -0.15) is 0 Å². The highest BCUT2D eigenvalue weighted by Gasteiger charge is 1.89. The fourth-order valence-electron chi connectivity index (χ4n) is 0.195. The van der Waals surface area contributed by atoms with Gasteiger partial charge in [-0.25, -0.2) is 0 Å². The number of nitrogens with one attached hydrogen (secondary N) is 1. The van der Waals surface area contributed by atoms with Gasteiger partial charge in [0.25, 0.3) is 0 Å². The first-order valence-corrected chi connectivity index (χ1v) is 2.00. The Morgan fingerprint density at radius 3 is 2.57 bits per heavy atom. The molecule has 3 nitrogen and oxygen atoms in total. The van der Waals surface area contributed by atoms with Gasteiger partial charge < -0.3 is 4.74 Å². The van der Waals surface area contributed by atoms with Gasteiger partial charge in [0.2, 0.25) is 5.91 Å². The van der Waals surface area contributed by atoms with Crippen LogP contribution in [0.3, 0.4) is 0 Å². The predicted molar refractivity (Wildman–Crippen MR) is 24.6 cm³/mol. The van der Waals surface area contributed by atoms with Crippen molar-refractivity contribution in [3.8, 4) is 0 Å². The lowest BCUT2D eigenvalue weighted by Gasteiger charge is -1.88. The molecule has 0 atom stereocenters. The number of rotatable bonds is 3. The summed E-state index contributed by atoms with van der Waals surface area (Å²) in [6, 6.07) is 0. The van der Waals surface area contributed by atoms with Gasteiger partial charge in [-0.1, -0.05) is 0 Å². The van der Waals surface area contributed by atoms with Gasteiger partial charge in [-0.15, -0.1) is 0 Å². The Hall–Kier alpha value is -0.570. The molecule has 0 spiro atoms. The van der Waals surface area contributed by atoms with Gasteiger partial charge in [-0.3, -0.25) is 10.5 Å². The van der Waals surface area contributed by atoms with Crippen LogP contribution in [0.15, 0.2) is 0 Å². The molecule has 0 unspecified atom stereocenters. The first-order chi connectivity index (χ1) is 3.27. The van der Waals surface area contributed by atoms with Crippen LogP contribution in [-0.4, -0.2) is 19.6 Å². The van der Waals surface area contributed by atoms with E-state index in [1.807, 2.05) is 0 Å². The quantitative estimate of drug-likeness (QED) is 0.496. The molecule has 1 amide bonds. The molecular formula is C4H8NO2. The molecule has 0 heterocycles. The van der Waals surface area contributed by atoms with Crippen molar-refractivity contribution in [2.24, 2.45) is 0 Å². The molecule has 0 aliphatic carbocycles. The van der Waals surface area contributed by atoms with E-state index in [9.17, 15) is 4.79 Å². The molecule has 0 saturated carbocycles. The van der Waals surface area contributed by atoms with E-state index in [2.05, 4.69) is 4.74 Å². The maximum atomic E-state index is 9.79. The van der Waals surface area contributed by atoms with Crippen LogP contribution in [-0.2, 0) is 9.53 Å². The molecule has 0 saturated heterocycles. The number of hydrogen-bond acceptors (Lipinski definition) is 2. The molecule has 41 valence electrons. The number of ether oxygens (including phenoxy) is 1. The van der Waals surface area contributed by atoms with Crippen LogP contribution in [0.4, 0.5) is 0 Å². The summed E-state index contributed by atoms with van der Waals surface area (Å²) < 4.78 is 4.51. The van der Waals surface area contributed by atoms with Crippen molar-refractivity contribution in [1.82, 2.24) is 5.73 Å². The van der Waals surface area contributed by atoms with Gasteiger partial charge in [-0.05, 0) is 0 Å². The molecule has 1 radical (unpaired) electrons. The number of methoxy groups -OCH3 is 1. The minimum atomic E-state index is -0.568. The number of hydrogen-bond donors (Lipinski definition) is 0. The van der Waals surface area contributed by atoms with Crippen LogP contribution in [0.25, 0.3) is 0 Å². The third-order valence-corrected chi connectivity index (χ3v) is 0.533. The van der Waals surface area contributed by atoms with Gasteiger partial charge in [0, 0.05) is 7.11 Å². The van der Waals surface area contributed by atoms with Crippen LogP contribution in [0.5, 0.6) is 0 Å².